The van der Waals surface area contributed by atoms with Gasteiger partial charge in [-0.15, -0.1) is 11.3 Å². The molecule has 1 aliphatic carbocycles. The average Bonchev–Trinajstić information content (AvgIpc) is 3.17. The van der Waals surface area contributed by atoms with Crippen molar-refractivity contribution in [1.29, 1.82) is 0 Å². The van der Waals surface area contributed by atoms with Crippen LogP contribution in [0, 0.1) is 0 Å². The summed E-state index contributed by atoms with van der Waals surface area (Å²) in [6.07, 6.45) is 5.39. The first-order chi connectivity index (χ1) is 14.5. The number of benzene rings is 1. The molecular weight excluding hydrogens is 396 g/mol. The Morgan fingerprint density at radius 2 is 1.97 bits per heavy atom. The Balaban J connectivity index is 1.52. The van der Waals surface area contributed by atoms with Crippen LogP contribution >= 0.6 is 11.3 Å². The molecule has 1 saturated carbocycles. The van der Waals surface area contributed by atoms with E-state index in [1.165, 1.54) is 0 Å². The number of hydrogen-bond donors (Lipinski definition) is 4. The molecule has 0 aliphatic heterocycles. The molecular formula is C22H28N6OS. The summed E-state index contributed by atoms with van der Waals surface area (Å²) in [6, 6.07) is 8.53. The van der Waals surface area contributed by atoms with Crippen molar-refractivity contribution in [2.24, 2.45) is 5.73 Å². The zero-order valence-electron chi connectivity index (χ0n) is 17.3. The van der Waals surface area contributed by atoms with E-state index >= 15 is 0 Å². The monoisotopic (exact) mass is 424 g/mol. The van der Waals surface area contributed by atoms with Crippen LogP contribution in [0.1, 0.15) is 49.9 Å². The van der Waals surface area contributed by atoms with E-state index in [1.807, 2.05) is 23.7 Å². The highest BCUT2D eigenvalue weighted by molar-refractivity contribution is 7.16. The smallest absolute Gasteiger partial charge is 0.255 e. The van der Waals surface area contributed by atoms with Crippen LogP contribution in [-0.4, -0.2) is 34.0 Å². The Kier molecular flexibility index (Phi) is 6.15. The van der Waals surface area contributed by atoms with Gasteiger partial charge in [-0.25, -0.2) is 9.97 Å². The van der Waals surface area contributed by atoms with Crippen molar-refractivity contribution in [3.8, 4) is 0 Å². The molecule has 7 nitrogen and oxygen atoms in total. The van der Waals surface area contributed by atoms with Gasteiger partial charge in [-0.1, -0.05) is 0 Å². The number of hydrogen-bond acceptors (Lipinski definition) is 7. The fraction of sp³-hybridized carbons (Fsp3) is 0.409. The molecule has 5 N–H and O–H groups in total. The van der Waals surface area contributed by atoms with Crippen LogP contribution in [0.25, 0.3) is 10.2 Å². The summed E-state index contributed by atoms with van der Waals surface area (Å²) in [4.78, 5) is 21.7. The average molecular weight is 425 g/mol. The first-order valence-electron chi connectivity index (χ1n) is 10.4. The molecule has 8 heteroatoms. The van der Waals surface area contributed by atoms with E-state index in [-0.39, 0.29) is 24.0 Å². The number of nitrogens with one attached hydrogen (secondary N) is 3. The lowest BCUT2D eigenvalue weighted by molar-refractivity contribution is 0.0926. The van der Waals surface area contributed by atoms with Crippen LogP contribution in [0.3, 0.4) is 0 Å². The molecule has 158 valence electrons. The largest absolute Gasteiger partial charge is 0.382 e. The zero-order chi connectivity index (χ0) is 21.1. The maximum atomic E-state index is 12.9. The predicted octanol–water partition coefficient (Wildman–Crippen LogP) is 4.25. The van der Waals surface area contributed by atoms with Crippen LogP contribution in [0.15, 0.2) is 36.0 Å². The number of rotatable bonds is 6. The first kappa shape index (κ1) is 20.6. The number of nitrogens with two attached hydrogens (primary N) is 1. The van der Waals surface area contributed by atoms with E-state index in [9.17, 15) is 4.79 Å². The molecule has 2 aromatic heterocycles. The van der Waals surface area contributed by atoms with Gasteiger partial charge in [0.1, 0.15) is 5.82 Å². The fourth-order valence-corrected chi connectivity index (χ4v) is 4.46. The molecule has 0 unspecified atom stereocenters. The SMILES string of the molecule is CC(C)Nc1cc(Nc2ccc3ncsc3c2)ncc1C(=O)NC1CCC(N)CC1. The van der Waals surface area contributed by atoms with Crippen molar-refractivity contribution in [3.63, 3.8) is 0 Å². The highest BCUT2D eigenvalue weighted by Gasteiger charge is 2.22. The Morgan fingerprint density at radius 1 is 1.17 bits per heavy atom. The summed E-state index contributed by atoms with van der Waals surface area (Å²) in [6.45, 7) is 4.10. The topological polar surface area (TPSA) is 105 Å². The van der Waals surface area contributed by atoms with Crippen molar-refractivity contribution < 1.29 is 4.79 Å². The van der Waals surface area contributed by atoms with E-state index in [1.54, 1.807) is 17.5 Å². The lowest BCUT2D eigenvalue weighted by Gasteiger charge is -2.27. The third-order valence-corrected chi connectivity index (χ3v) is 6.10. The Morgan fingerprint density at radius 3 is 2.73 bits per heavy atom. The maximum Gasteiger partial charge on any atom is 0.255 e. The summed E-state index contributed by atoms with van der Waals surface area (Å²) in [5.41, 5.74) is 11.1. The van der Waals surface area contributed by atoms with Gasteiger partial charge in [0.05, 0.1) is 27.0 Å². The molecule has 1 amide bonds. The number of fused-ring (bicyclic) bond motifs is 1. The van der Waals surface area contributed by atoms with Crippen LogP contribution in [-0.2, 0) is 0 Å². The Hall–Kier alpha value is -2.71. The highest BCUT2D eigenvalue weighted by Crippen LogP contribution is 2.26. The van der Waals surface area contributed by atoms with Crippen molar-refractivity contribution in [2.75, 3.05) is 10.6 Å². The third kappa shape index (κ3) is 4.88. The van der Waals surface area contributed by atoms with Gasteiger partial charge in [-0.2, -0.15) is 0 Å². The van der Waals surface area contributed by atoms with Gasteiger partial charge >= 0.3 is 0 Å². The van der Waals surface area contributed by atoms with E-state index in [2.05, 4.69) is 45.8 Å². The molecule has 0 saturated heterocycles. The molecule has 1 fully saturated rings. The van der Waals surface area contributed by atoms with Gasteiger partial charge < -0.3 is 21.7 Å². The second-order valence-corrected chi connectivity index (χ2v) is 9.05. The summed E-state index contributed by atoms with van der Waals surface area (Å²) < 4.78 is 1.11. The Labute approximate surface area is 180 Å². The van der Waals surface area contributed by atoms with Gasteiger partial charge in [0.2, 0.25) is 0 Å². The minimum Gasteiger partial charge on any atom is -0.382 e. The van der Waals surface area contributed by atoms with Crippen LogP contribution in [0.4, 0.5) is 17.2 Å². The zero-order valence-corrected chi connectivity index (χ0v) is 18.1. The predicted molar refractivity (Wildman–Crippen MR) is 124 cm³/mol. The molecule has 0 atom stereocenters. The highest BCUT2D eigenvalue weighted by atomic mass is 32.1. The minimum atomic E-state index is -0.0937. The number of anilines is 3. The second kappa shape index (κ2) is 8.97. The first-order valence-corrected chi connectivity index (χ1v) is 11.3. The standard InChI is InChI=1S/C22H28N6OS/c1-13(2)26-19-10-21(27-16-7-8-18-20(9-16)30-12-25-18)24-11-17(19)22(29)28-15-5-3-14(23)4-6-15/h7-15H,3-6,23H2,1-2H3,(H,28,29)(H2,24,26,27). The number of carbonyl (C=O) groups excluding carboxylic acids is 1. The summed E-state index contributed by atoms with van der Waals surface area (Å²) in [7, 11) is 0. The van der Waals surface area contributed by atoms with Gasteiger partial charge in [0.15, 0.2) is 0 Å². The number of pyridine rings is 1. The van der Waals surface area contributed by atoms with Crippen molar-refractivity contribution in [2.45, 2.75) is 57.7 Å². The lowest BCUT2D eigenvalue weighted by atomic mass is 9.91. The molecule has 0 radical (unpaired) electrons. The normalized spacial score (nSPS) is 19.1. The molecule has 2 heterocycles. The van der Waals surface area contributed by atoms with Gasteiger partial charge in [0.25, 0.3) is 5.91 Å². The second-order valence-electron chi connectivity index (χ2n) is 8.16. The molecule has 0 spiro atoms. The maximum absolute atomic E-state index is 12.9. The number of nitrogens with zero attached hydrogens (tertiary/aromatic N) is 2. The van der Waals surface area contributed by atoms with E-state index < -0.39 is 0 Å². The number of aromatic nitrogens is 2. The quantitative estimate of drug-likeness (QED) is 0.471. The summed E-state index contributed by atoms with van der Waals surface area (Å²) in [5, 5.41) is 9.87. The fourth-order valence-electron chi connectivity index (χ4n) is 3.74. The molecule has 1 aromatic carbocycles. The van der Waals surface area contributed by atoms with E-state index in [0.29, 0.717) is 11.4 Å². The van der Waals surface area contributed by atoms with Crippen molar-refractivity contribution in [3.05, 3.63) is 41.5 Å². The van der Waals surface area contributed by atoms with Crippen LogP contribution in [0.2, 0.25) is 0 Å². The lowest BCUT2D eigenvalue weighted by Crippen LogP contribution is -2.40. The molecule has 3 aromatic rings. The number of carbonyl (C=O) groups is 1. The van der Waals surface area contributed by atoms with E-state index in [0.717, 1.165) is 47.3 Å². The number of thiazole rings is 1. The van der Waals surface area contributed by atoms with Crippen molar-refractivity contribution >= 4 is 44.7 Å². The third-order valence-electron chi connectivity index (χ3n) is 5.30. The molecule has 0 bridgehead atoms. The van der Waals surface area contributed by atoms with Gasteiger partial charge in [0, 0.05) is 36.1 Å². The van der Waals surface area contributed by atoms with Crippen LogP contribution < -0.4 is 21.7 Å². The minimum absolute atomic E-state index is 0.0937. The van der Waals surface area contributed by atoms with Crippen LogP contribution in [0.5, 0.6) is 0 Å². The van der Waals surface area contributed by atoms with Gasteiger partial charge in [-0.3, -0.25) is 4.79 Å². The van der Waals surface area contributed by atoms with Gasteiger partial charge in [-0.05, 0) is 57.7 Å². The van der Waals surface area contributed by atoms with E-state index in [4.69, 9.17) is 5.73 Å². The molecule has 1 aliphatic rings. The van der Waals surface area contributed by atoms with Crippen molar-refractivity contribution in [1.82, 2.24) is 15.3 Å². The Bertz CT molecular complexity index is 1030. The summed E-state index contributed by atoms with van der Waals surface area (Å²) in [5.74, 6) is 0.589. The molecule has 4 rings (SSSR count). The summed E-state index contributed by atoms with van der Waals surface area (Å²) >= 11 is 1.60. The molecule has 30 heavy (non-hydrogen) atoms. The number of amides is 1.